The van der Waals surface area contributed by atoms with Gasteiger partial charge >= 0.3 is 5.97 Å². The number of rotatable bonds is 6. The smallest absolute Gasteiger partial charge is 0.310 e. The minimum atomic E-state index is -3.59. The number of carbonyl (C=O) groups excluding carboxylic acids is 1. The third kappa shape index (κ3) is 5.07. The maximum Gasteiger partial charge on any atom is 0.310 e. The van der Waals surface area contributed by atoms with Crippen molar-refractivity contribution in [2.75, 3.05) is 19.6 Å². The van der Waals surface area contributed by atoms with E-state index in [0.717, 1.165) is 6.42 Å². The fourth-order valence-electron chi connectivity index (χ4n) is 3.21. The second kappa shape index (κ2) is 7.98. The average molecular weight is 397 g/mol. The van der Waals surface area contributed by atoms with Gasteiger partial charge in [0.25, 0.3) is 5.91 Å². The van der Waals surface area contributed by atoms with Crippen LogP contribution in [0.25, 0.3) is 0 Å². The van der Waals surface area contributed by atoms with Gasteiger partial charge in [-0.2, -0.15) is 4.31 Å². The highest BCUT2D eigenvalue weighted by molar-refractivity contribution is 7.89. The lowest BCUT2D eigenvalue weighted by atomic mass is 9.94. The molecule has 2 rings (SSSR count). The van der Waals surface area contributed by atoms with Crippen LogP contribution >= 0.6 is 0 Å². The molecule has 0 bridgehead atoms. The highest BCUT2D eigenvalue weighted by Gasteiger charge is 2.32. The van der Waals surface area contributed by atoms with E-state index in [1.165, 1.54) is 42.4 Å². The van der Waals surface area contributed by atoms with Gasteiger partial charge < -0.3 is 10.4 Å². The van der Waals surface area contributed by atoms with Gasteiger partial charge in [0, 0.05) is 25.2 Å². The molecule has 0 radical (unpaired) electrons. The maximum absolute atomic E-state index is 12.9. The van der Waals surface area contributed by atoms with Crippen LogP contribution in [-0.2, 0) is 14.8 Å². The van der Waals surface area contributed by atoms with E-state index < -0.39 is 27.3 Å². The Morgan fingerprint density at radius 1 is 1.15 bits per heavy atom. The Hall–Kier alpha value is -1.93. The first-order valence-corrected chi connectivity index (χ1v) is 10.5. The molecule has 1 fully saturated rings. The molecule has 0 saturated carbocycles. The van der Waals surface area contributed by atoms with Gasteiger partial charge in [-0.25, -0.2) is 8.42 Å². The van der Waals surface area contributed by atoms with Crippen LogP contribution in [0.15, 0.2) is 29.2 Å². The topological polar surface area (TPSA) is 104 Å². The molecule has 7 nitrogen and oxygen atoms in total. The number of piperidine rings is 1. The Labute approximate surface area is 160 Å². The minimum absolute atomic E-state index is 0.0230. The molecule has 2 atom stereocenters. The van der Waals surface area contributed by atoms with E-state index in [-0.39, 0.29) is 17.0 Å². The van der Waals surface area contributed by atoms with E-state index in [4.69, 9.17) is 5.11 Å². The lowest BCUT2D eigenvalue weighted by Gasteiger charge is -2.34. The number of hydrogen-bond acceptors (Lipinski definition) is 4. The normalized spacial score (nSPS) is 21.6. The highest BCUT2D eigenvalue weighted by Crippen LogP contribution is 2.26. The molecule has 0 spiro atoms. The summed E-state index contributed by atoms with van der Waals surface area (Å²) in [5.74, 6) is -0.819. The van der Waals surface area contributed by atoms with E-state index in [9.17, 15) is 18.0 Å². The molecule has 1 amide bonds. The molecule has 1 aromatic carbocycles. The number of benzene rings is 1. The van der Waals surface area contributed by atoms with Crippen LogP contribution in [0.3, 0.4) is 0 Å². The number of sulfonamides is 1. The van der Waals surface area contributed by atoms with Crippen molar-refractivity contribution in [2.45, 2.75) is 39.0 Å². The third-order valence-corrected chi connectivity index (χ3v) is 6.71. The van der Waals surface area contributed by atoms with Gasteiger partial charge in [0.15, 0.2) is 0 Å². The third-order valence-electron chi connectivity index (χ3n) is 4.86. The Morgan fingerprint density at radius 2 is 1.67 bits per heavy atom. The molecule has 1 aromatic rings. The first-order valence-electron chi connectivity index (χ1n) is 9.05. The lowest BCUT2D eigenvalue weighted by molar-refractivity contribution is -0.146. The number of carbonyl (C=O) groups is 2. The zero-order chi connectivity index (χ0) is 20.4. The molecule has 1 aliphatic rings. The molecule has 2 N–H and O–H groups in total. The number of carboxylic acid groups (broad SMARTS) is 1. The Morgan fingerprint density at radius 3 is 2.15 bits per heavy atom. The summed E-state index contributed by atoms with van der Waals surface area (Å²) in [6.07, 6.45) is 1.01. The van der Waals surface area contributed by atoms with Crippen molar-refractivity contribution in [1.29, 1.82) is 0 Å². The summed E-state index contributed by atoms with van der Waals surface area (Å²) >= 11 is 0. The van der Waals surface area contributed by atoms with Gasteiger partial charge in [0.1, 0.15) is 0 Å². The summed E-state index contributed by atoms with van der Waals surface area (Å²) in [5, 5.41) is 11.7. The van der Waals surface area contributed by atoms with E-state index in [1.807, 2.05) is 13.8 Å². The fraction of sp³-hybridized carbons (Fsp3) is 0.579. The SMILES string of the molecule is CC1CC(C)CN(S(=O)(=O)c2ccc(C(=O)NCC(C)(C)C(=O)O)cc2)C1. The second-order valence-corrected chi connectivity index (χ2v) is 10.1. The second-order valence-electron chi connectivity index (χ2n) is 8.16. The zero-order valence-corrected chi connectivity index (χ0v) is 17.0. The van der Waals surface area contributed by atoms with Crippen molar-refractivity contribution in [1.82, 2.24) is 9.62 Å². The predicted octanol–water partition coefficient (Wildman–Crippen LogP) is 2.19. The molecule has 1 aliphatic heterocycles. The average Bonchev–Trinajstić information content (AvgIpc) is 2.59. The van der Waals surface area contributed by atoms with E-state index in [0.29, 0.717) is 24.9 Å². The monoisotopic (exact) mass is 396 g/mol. The first-order chi connectivity index (χ1) is 12.4. The summed E-state index contributed by atoms with van der Waals surface area (Å²) in [4.78, 5) is 23.5. The van der Waals surface area contributed by atoms with Gasteiger partial charge in [-0.1, -0.05) is 13.8 Å². The molecule has 0 aliphatic carbocycles. The van der Waals surface area contributed by atoms with Crippen molar-refractivity contribution >= 4 is 21.9 Å². The number of hydrogen-bond donors (Lipinski definition) is 2. The van der Waals surface area contributed by atoms with Crippen LogP contribution in [0.1, 0.15) is 44.5 Å². The van der Waals surface area contributed by atoms with Crippen molar-refractivity contribution in [3.05, 3.63) is 29.8 Å². The van der Waals surface area contributed by atoms with E-state index >= 15 is 0 Å². The minimum Gasteiger partial charge on any atom is -0.481 e. The Balaban J connectivity index is 2.10. The van der Waals surface area contributed by atoms with Crippen LogP contribution in [-0.4, -0.2) is 49.3 Å². The maximum atomic E-state index is 12.9. The number of nitrogens with zero attached hydrogens (tertiary/aromatic N) is 1. The van der Waals surface area contributed by atoms with E-state index in [2.05, 4.69) is 5.32 Å². The lowest BCUT2D eigenvalue weighted by Crippen LogP contribution is -2.42. The number of nitrogens with one attached hydrogen (secondary N) is 1. The first kappa shape index (κ1) is 21.4. The fourth-order valence-corrected chi connectivity index (χ4v) is 4.89. The van der Waals surface area contributed by atoms with Crippen LogP contribution in [0, 0.1) is 17.3 Å². The summed E-state index contributed by atoms with van der Waals surface area (Å²) in [7, 11) is -3.59. The van der Waals surface area contributed by atoms with Crippen molar-refractivity contribution < 1.29 is 23.1 Å². The summed E-state index contributed by atoms with van der Waals surface area (Å²) in [5.41, 5.74) is -0.795. The van der Waals surface area contributed by atoms with Gasteiger partial charge in [0.2, 0.25) is 10.0 Å². The van der Waals surface area contributed by atoms with Gasteiger partial charge in [-0.05, 0) is 56.4 Å². The molecule has 1 heterocycles. The largest absolute Gasteiger partial charge is 0.481 e. The van der Waals surface area contributed by atoms with Crippen molar-refractivity contribution in [3.8, 4) is 0 Å². The molecule has 150 valence electrons. The highest BCUT2D eigenvalue weighted by atomic mass is 32.2. The van der Waals surface area contributed by atoms with Crippen LogP contribution in [0.5, 0.6) is 0 Å². The molecule has 1 saturated heterocycles. The van der Waals surface area contributed by atoms with Gasteiger partial charge in [0.05, 0.1) is 10.3 Å². The molecular formula is C19H28N2O5S. The van der Waals surface area contributed by atoms with Crippen molar-refractivity contribution in [3.63, 3.8) is 0 Å². The molecule has 8 heteroatoms. The van der Waals surface area contributed by atoms with Crippen molar-refractivity contribution in [2.24, 2.45) is 17.3 Å². The number of carboxylic acids is 1. The number of aliphatic carboxylic acids is 1. The standard InChI is InChI=1S/C19H28N2O5S/c1-13-9-14(2)11-21(10-13)27(25,26)16-7-5-15(6-8-16)17(22)20-12-19(3,4)18(23)24/h5-8,13-14H,9-12H2,1-4H3,(H,20,22)(H,23,24). The Kier molecular flexibility index (Phi) is 6.32. The molecule has 2 unspecified atom stereocenters. The predicted molar refractivity (Wildman–Crippen MR) is 102 cm³/mol. The van der Waals surface area contributed by atoms with E-state index in [1.54, 1.807) is 0 Å². The van der Waals surface area contributed by atoms with Gasteiger partial charge in [-0.3, -0.25) is 9.59 Å². The van der Waals surface area contributed by atoms with Crippen LogP contribution in [0.4, 0.5) is 0 Å². The Bertz CT molecular complexity index is 792. The van der Waals surface area contributed by atoms with Gasteiger partial charge in [-0.15, -0.1) is 0 Å². The summed E-state index contributed by atoms with van der Waals surface area (Å²) in [6, 6.07) is 5.76. The zero-order valence-electron chi connectivity index (χ0n) is 16.2. The van der Waals surface area contributed by atoms with Crippen LogP contribution in [0.2, 0.25) is 0 Å². The number of amides is 1. The molecule has 27 heavy (non-hydrogen) atoms. The van der Waals surface area contributed by atoms with Crippen LogP contribution < -0.4 is 5.32 Å². The molecule has 0 aromatic heterocycles. The quantitative estimate of drug-likeness (QED) is 0.767. The summed E-state index contributed by atoms with van der Waals surface area (Å²) in [6.45, 7) is 8.11. The summed E-state index contributed by atoms with van der Waals surface area (Å²) < 4.78 is 27.2. The molecular weight excluding hydrogens is 368 g/mol.